The lowest BCUT2D eigenvalue weighted by molar-refractivity contribution is -0.384. The quantitative estimate of drug-likeness (QED) is 0.461. The van der Waals surface area contributed by atoms with Crippen molar-refractivity contribution in [1.82, 2.24) is 9.88 Å². The molecular formula is C16H17N3O3S. The molecule has 0 radical (unpaired) electrons. The number of thioether (sulfide) groups is 1. The van der Waals surface area contributed by atoms with Crippen LogP contribution in [-0.4, -0.2) is 33.5 Å². The number of pyridine rings is 1. The van der Waals surface area contributed by atoms with Crippen LogP contribution in [-0.2, 0) is 4.79 Å². The summed E-state index contributed by atoms with van der Waals surface area (Å²) in [5.41, 5.74) is 1.07. The van der Waals surface area contributed by atoms with E-state index in [2.05, 4.69) is 4.98 Å². The van der Waals surface area contributed by atoms with E-state index in [1.807, 2.05) is 19.1 Å². The van der Waals surface area contributed by atoms with Crippen LogP contribution in [0.5, 0.6) is 0 Å². The fraction of sp³-hybridized carbons (Fsp3) is 0.250. The highest BCUT2D eigenvalue weighted by Gasteiger charge is 2.17. The molecule has 0 aliphatic rings. The zero-order valence-corrected chi connectivity index (χ0v) is 13.7. The molecule has 120 valence electrons. The smallest absolute Gasteiger partial charge is 0.269 e. The van der Waals surface area contributed by atoms with E-state index in [0.717, 1.165) is 10.5 Å². The Kier molecular flexibility index (Phi) is 5.70. The molecule has 0 N–H and O–H groups in total. The second-order valence-corrected chi connectivity index (χ2v) is 6.05. The Labute approximate surface area is 138 Å². The molecule has 1 unspecified atom stereocenters. The Hall–Kier alpha value is -2.41. The number of carbonyl (C=O) groups is 1. The highest BCUT2D eigenvalue weighted by molar-refractivity contribution is 8.00. The van der Waals surface area contributed by atoms with Crippen molar-refractivity contribution in [3.63, 3.8) is 0 Å². The van der Waals surface area contributed by atoms with Crippen molar-refractivity contribution in [3.8, 4) is 0 Å². The molecule has 1 atom stereocenters. The van der Waals surface area contributed by atoms with Gasteiger partial charge in [0.1, 0.15) is 0 Å². The highest BCUT2D eigenvalue weighted by Crippen LogP contribution is 2.23. The third-order valence-corrected chi connectivity index (χ3v) is 4.57. The molecule has 2 rings (SSSR count). The van der Waals surface area contributed by atoms with Crippen molar-refractivity contribution in [2.75, 3.05) is 12.8 Å². The average Bonchev–Trinajstić information content (AvgIpc) is 2.59. The summed E-state index contributed by atoms with van der Waals surface area (Å²) >= 11 is 1.36. The molecule has 7 heteroatoms. The van der Waals surface area contributed by atoms with Crippen LogP contribution in [0.2, 0.25) is 0 Å². The molecule has 6 nitrogen and oxygen atoms in total. The van der Waals surface area contributed by atoms with Crippen LogP contribution in [0.1, 0.15) is 18.5 Å². The maximum absolute atomic E-state index is 12.3. The van der Waals surface area contributed by atoms with Gasteiger partial charge in [-0.25, -0.2) is 0 Å². The zero-order chi connectivity index (χ0) is 16.8. The molecule has 1 aromatic heterocycles. The summed E-state index contributed by atoms with van der Waals surface area (Å²) in [6.45, 7) is 1.96. The van der Waals surface area contributed by atoms with Crippen LogP contribution < -0.4 is 0 Å². The van der Waals surface area contributed by atoms with Crippen molar-refractivity contribution in [2.24, 2.45) is 0 Å². The number of rotatable bonds is 6. The van der Waals surface area contributed by atoms with E-state index in [0.29, 0.717) is 0 Å². The van der Waals surface area contributed by atoms with Gasteiger partial charge in [0.15, 0.2) is 0 Å². The first kappa shape index (κ1) is 17.0. The second kappa shape index (κ2) is 7.73. The number of carbonyl (C=O) groups excluding carboxylic acids is 1. The van der Waals surface area contributed by atoms with Crippen LogP contribution in [0.3, 0.4) is 0 Å². The zero-order valence-electron chi connectivity index (χ0n) is 12.9. The minimum absolute atomic E-state index is 0.00216. The fourth-order valence-corrected chi connectivity index (χ4v) is 2.81. The van der Waals surface area contributed by atoms with Gasteiger partial charge in [0.25, 0.3) is 5.69 Å². The van der Waals surface area contributed by atoms with Gasteiger partial charge in [-0.1, -0.05) is 0 Å². The third kappa shape index (κ3) is 4.53. The second-order valence-electron chi connectivity index (χ2n) is 5.00. The van der Waals surface area contributed by atoms with Gasteiger partial charge in [0.2, 0.25) is 5.91 Å². The maximum Gasteiger partial charge on any atom is 0.269 e. The molecule has 0 spiro atoms. The number of non-ortho nitro benzene ring substituents is 1. The van der Waals surface area contributed by atoms with E-state index in [4.69, 9.17) is 0 Å². The number of benzene rings is 1. The molecular weight excluding hydrogens is 314 g/mol. The summed E-state index contributed by atoms with van der Waals surface area (Å²) in [5, 5.41) is 10.6. The van der Waals surface area contributed by atoms with E-state index in [1.165, 1.54) is 23.9 Å². The number of nitro groups is 1. The van der Waals surface area contributed by atoms with E-state index >= 15 is 0 Å². The SMILES string of the molecule is CC(c1ccncc1)N(C)C(=O)CSc1ccc([N+](=O)[O-])cc1. The number of amides is 1. The lowest BCUT2D eigenvalue weighted by atomic mass is 10.1. The van der Waals surface area contributed by atoms with Gasteiger partial charge in [0.05, 0.1) is 16.7 Å². The first-order valence-corrected chi connectivity index (χ1v) is 8.00. The molecule has 0 bridgehead atoms. The van der Waals surface area contributed by atoms with Gasteiger partial charge in [-0.15, -0.1) is 11.8 Å². The molecule has 0 aliphatic carbocycles. The summed E-state index contributed by atoms with van der Waals surface area (Å²) in [4.78, 5) is 28.9. The van der Waals surface area contributed by atoms with Gasteiger partial charge in [0, 0.05) is 36.5 Å². The van der Waals surface area contributed by atoms with Crippen molar-refractivity contribution in [1.29, 1.82) is 0 Å². The fourth-order valence-electron chi connectivity index (χ4n) is 1.99. The summed E-state index contributed by atoms with van der Waals surface area (Å²) < 4.78 is 0. The van der Waals surface area contributed by atoms with Gasteiger partial charge in [-0.2, -0.15) is 0 Å². The average molecular weight is 331 g/mol. The monoisotopic (exact) mass is 331 g/mol. The van der Waals surface area contributed by atoms with Gasteiger partial charge >= 0.3 is 0 Å². The number of aromatic nitrogens is 1. The number of nitrogens with zero attached hydrogens (tertiary/aromatic N) is 3. The topological polar surface area (TPSA) is 76.3 Å². The number of hydrogen-bond acceptors (Lipinski definition) is 5. The molecule has 2 aromatic rings. The minimum Gasteiger partial charge on any atom is -0.338 e. The molecule has 0 saturated heterocycles. The molecule has 0 fully saturated rings. The Bertz CT molecular complexity index is 677. The molecule has 1 amide bonds. The molecule has 1 heterocycles. The van der Waals surface area contributed by atoms with E-state index in [1.54, 1.807) is 36.5 Å². The predicted octanol–water partition coefficient (Wildman–Crippen LogP) is 3.30. The Morgan fingerprint density at radius 1 is 1.26 bits per heavy atom. The lowest BCUT2D eigenvalue weighted by Crippen LogP contribution is -2.31. The minimum atomic E-state index is -0.441. The Morgan fingerprint density at radius 2 is 1.87 bits per heavy atom. The summed E-state index contributed by atoms with van der Waals surface area (Å²) in [5.74, 6) is 0.279. The van der Waals surface area contributed by atoms with Crippen molar-refractivity contribution >= 4 is 23.4 Å². The van der Waals surface area contributed by atoms with Crippen LogP contribution in [0.4, 0.5) is 5.69 Å². The standard InChI is InChI=1S/C16H17N3O3S/c1-12(13-7-9-17-10-8-13)18(2)16(20)11-23-15-5-3-14(4-6-15)19(21)22/h3-10,12H,11H2,1-2H3. The predicted molar refractivity (Wildman–Crippen MR) is 89.2 cm³/mol. The molecule has 1 aromatic carbocycles. The van der Waals surface area contributed by atoms with Crippen LogP contribution in [0.25, 0.3) is 0 Å². The maximum atomic E-state index is 12.3. The van der Waals surface area contributed by atoms with Crippen molar-refractivity contribution in [3.05, 3.63) is 64.5 Å². The third-order valence-electron chi connectivity index (χ3n) is 3.57. The number of hydrogen-bond donors (Lipinski definition) is 0. The lowest BCUT2D eigenvalue weighted by Gasteiger charge is -2.25. The molecule has 0 saturated carbocycles. The first-order valence-electron chi connectivity index (χ1n) is 7.02. The van der Waals surface area contributed by atoms with Crippen LogP contribution in [0.15, 0.2) is 53.7 Å². The molecule has 0 aliphatic heterocycles. The number of nitro benzene ring substituents is 1. The Morgan fingerprint density at radius 3 is 2.43 bits per heavy atom. The van der Waals surface area contributed by atoms with E-state index in [9.17, 15) is 14.9 Å². The van der Waals surface area contributed by atoms with Crippen molar-refractivity contribution in [2.45, 2.75) is 17.9 Å². The van der Waals surface area contributed by atoms with E-state index in [-0.39, 0.29) is 23.4 Å². The van der Waals surface area contributed by atoms with Crippen LogP contribution in [0, 0.1) is 10.1 Å². The molecule has 23 heavy (non-hydrogen) atoms. The first-order chi connectivity index (χ1) is 11.0. The summed E-state index contributed by atoms with van der Waals surface area (Å²) in [7, 11) is 1.77. The normalized spacial score (nSPS) is 11.7. The Balaban J connectivity index is 1.92. The largest absolute Gasteiger partial charge is 0.338 e. The van der Waals surface area contributed by atoms with Gasteiger partial charge < -0.3 is 4.90 Å². The van der Waals surface area contributed by atoms with Crippen LogP contribution >= 0.6 is 11.8 Å². The van der Waals surface area contributed by atoms with E-state index < -0.39 is 4.92 Å². The van der Waals surface area contributed by atoms with Crippen molar-refractivity contribution < 1.29 is 9.72 Å². The van der Waals surface area contributed by atoms with Gasteiger partial charge in [-0.05, 0) is 36.8 Å². The summed E-state index contributed by atoms with van der Waals surface area (Å²) in [6.07, 6.45) is 3.41. The summed E-state index contributed by atoms with van der Waals surface area (Å²) in [6, 6.07) is 9.93. The highest BCUT2D eigenvalue weighted by atomic mass is 32.2. The van der Waals surface area contributed by atoms with Gasteiger partial charge in [-0.3, -0.25) is 19.9 Å².